The lowest BCUT2D eigenvalue weighted by Crippen LogP contribution is -2.57. The van der Waals surface area contributed by atoms with Gasteiger partial charge in [0.2, 0.25) is 5.54 Å². The summed E-state index contributed by atoms with van der Waals surface area (Å²) in [5, 5.41) is 30.3. The number of carbonyl (C=O) groups excluding carboxylic acids is 1. The first-order valence-electron chi connectivity index (χ1n) is 7.18. The molecule has 0 aliphatic rings. The Morgan fingerprint density at radius 2 is 1.66 bits per heavy atom. The molecule has 0 saturated heterocycles. The molecular formula is C14H11F5N2O8. The fraction of sp³-hybridized carbons (Fsp3) is 0.357. The molecule has 29 heavy (non-hydrogen) atoms. The minimum atomic E-state index is -6.01. The van der Waals surface area contributed by atoms with Gasteiger partial charge in [0.15, 0.2) is 12.4 Å². The Bertz CT molecular complexity index is 841. The van der Waals surface area contributed by atoms with Crippen molar-refractivity contribution >= 4 is 23.5 Å². The standard InChI is InChI=1S/C14H11F5N2O8/c1-12(10(23)24,11(25)26)20-9(22)6-2-3-7(21(27)28)8(4-6)29-5-13(15,16)14(17,18)19/h2-4H,5H2,1H3,(H,20,22)(H,23,24)(H,25,26)/i12+1. The Morgan fingerprint density at radius 1 is 1.14 bits per heavy atom. The first-order valence-corrected chi connectivity index (χ1v) is 7.18. The molecule has 1 rings (SSSR count). The SMILES string of the molecule is C[13C](NC(=O)c1ccc([N+](=O)[O-])c(OCC(F)(F)C(F)(F)F)c1)(C(=O)O)C(=O)O. The van der Waals surface area contributed by atoms with E-state index in [0.717, 1.165) is 0 Å². The zero-order chi connectivity index (χ0) is 22.8. The number of alkyl halides is 5. The van der Waals surface area contributed by atoms with Crippen LogP contribution in [0.4, 0.5) is 27.6 Å². The van der Waals surface area contributed by atoms with Crippen LogP contribution in [0.2, 0.25) is 0 Å². The predicted octanol–water partition coefficient (Wildman–Crippen LogP) is 1.83. The topological polar surface area (TPSA) is 156 Å². The normalized spacial score (nSPS) is 12.2. The van der Waals surface area contributed by atoms with Crippen molar-refractivity contribution in [3.8, 4) is 5.75 Å². The van der Waals surface area contributed by atoms with Gasteiger partial charge in [-0.2, -0.15) is 22.0 Å². The number of carboxylic acid groups (broad SMARTS) is 2. The van der Waals surface area contributed by atoms with E-state index in [-0.39, 0.29) is 0 Å². The Kier molecular flexibility index (Phi) is 6.36. The highest BCUT2D eigenvalue weighted by atomic mass is 19.4. The van der Waals surface area contributed by atoms with Crippen LogP contribution in [0.5, 0.6) is 5.75 Å². The number of rotatable bonds is 8. The Hall–Kier alpha value is -3.52. The molecule has 0 saturated carbocycles. The van der Waals surface area contributed by atoms with E-state index in [0.29, 0.717) is 25.1 Å². The van der Waals surface area contributed by atoms with Crippen LogP contribution in [-0.2, 0) is 9.59 Å². The summed E-state index contributed by atoms with van der Waals surface area (Å²) >= 11 is 0. The number of nitrogens with zero attached hydrogens (tertiary/aromatic N) is 1. The van der Waals surface area contributed by atoms with Gasteiger partial charge in [-0.15, -0.1) is 0 Å². The van der Waals surface area contributed by atoms with E-state index in [1.54, 1.807) is 5.32 Å². The van der Waals surface area contributed by atoms with Crippen LogP contribution >= 0.6 is 0 Å². The van der Waals surface area contributed by atoms with Crippen LogP contribution in [0.15, 0.2) is 18.2 Å². The number of ether oxygens (including phenoxy) is 1. The van der Waals surface area contributed by atoms with Gasteiger partial charge in [0.25, 0.3) is 5.91 Å². The van der Waals surface area contributed by atoms with Gasteiger partial charge in [-0.1, -0.05) is 0 Å². The Balaban J connectivity index is 3.25. The van der Waals surface area contributed by atoms with Crippen LogP contribution < -0.4 is 10.1 Å². The van der Waals surface area contributed by atoms with Crippen molar-refractivity contribution < 1.29 is 56.2 Å². The zero-order valence-corrected chi connectivity index (χ0v) is 14.1. The number of benzene rings is 1. The predicted molar refractivity (Wildman–Crippen MR) is 80.7 cm³/mol. The number of hydrogen-bond acceptors (Lipinski definition) is 6. The molecule has 0 aromatic heterocycles. The smallest absolute Gasteiger partial charge is 0.456 e. The highest BCUT2D eigenvalue weighted by Gasteiger charge is 2.58. The van der Waals surface area contributed by atoms with Gasteiger partial charge in [-0.05, 0) is 13.0 Å². The maximum atomic E-state index is 13.0. The third kappa shape index (κ3) is 5.05. The van der Waals surface area contributed by atoms with Gasteiger partial charge in [-0.25, -0.2) is 9.59 Å². The molecule has 0 fully saturated rings. The molecule has 0 aliphatic carbocycles. The lowest BCUT2D eigenvalue weighted by Gasteiger charge is -2.22. The van der Waals surface area contributed by atoms with Gasteiger partial charge < -0.3 is 20.3 Å². The van der Waals surface area contributed by atoms with E-state index in [1.165, 1.54) is 0 Å². The van der Waals surface area contributed by atoms with Crippen LogP contribution in [0.25, 0.3) is 0 Å². The zero-order valence-electron chi connectivity index (χ0n) is 14.1. The molecule has 1 aromatic rings. The molecule has 0 heterocycles. The Morgan fingerprint density at radius 3 is 2.07 bits per heavy atom. The van der Waals surface area contributed by atoms with Gasteiger partial charge in [0.05, 0.1) is 4.92 Å². The average molecular weight is 431 g/mol. The van der Waals surface area contributed by atoms with Crippen molar-refractivity contribution in [2.24, 2.45) is 0 Å². The number of nitrogens with one attached hydrogen (secondary N) is 1. The summed E-state index contributed by atoms with van der Waals surface area (Å²) in [5.74, 6) is -11.9. The van der Waals surface area contributed by atoms with Gasteiger partial charge in [0.1, 0.15) is 0 Å². The molecule has 0 bridgehead atoms. The van der Waals surface area contributed by atoms with Crippen LogP contribution in [0, 0.1) is 10.1 Å². The van der Waals surface area contributed by atoms with E-state index in [1.807, 2.05) is 0 Å². The van der Waals surface area contributed by atoms with Crippen molar-refractivity contribution in [1.29, 1.82) is 0 Å². The number of nitro benzene ring substituents is 1. The summed E-state index contributed by atoms with van der Waals surface area (Å²) in [6, 6.07) is 1.60. The first-order chi connectivity index (χ1) is 13.0. The minimum absolute atomic E-state index is 0.393. The highest BCUT2D eigenvalue weighted by molar-refractivity contribution is 6.08. The number of amides is 1. The van der Waals surface area contributed by atoms with Crippen molar-refractivity contribution in [2.45, 2.75) is 24.6 Å². The van der Waals surface area contributed by atoms with Crippen LogP contribution in [0.1, 0.15) is 17.3 Å². The number of hydrogen-bond donors (Lipinski definition) is 3. The Labute approximate surface area is 157 Å². The molecule has 0 radical (unpaired) electrons. The molecule has 3 N–H and O–H groups in total. The van der Waals surface area contributed by atoms with Gasteiger partial charge >= 0.3 is 29.7 Å². The number of halogens is 5. The summed E-state index contributed by atoms with van der Waals surface area (Å²) in [6.07, 6.45) is -6.01. The summed E-state index contributed by atoms with van der Waals surface area (Å²) in [7, 11) is 0. The molecule has 0 aliphatic heterocycles. The van der Waals surface area contributed by atoms with E-state index in [9.17, 15) is 46.5 Å². The van der Waals surface area contributed by atoms with Crippen molar-refractivity contribution in [3.05, 3.63) is 33.9 Å². The maximum Gasteiger partial charge on any atom is 0.456 e. The molecule has 160 valence electrons. The summed E-state index contributed by atoms with van der Waals surface area (Å²) in [6.45, 7) is -1.74. The summed E-state index contributed by atoms with van der Waals surface area (Å²) in [5.41, 5.74) is -4.60. The summed E-state index contributed by atoms with van der Waals surface area (Å²) < 4.78 is 66.7. The number of nitro groups is 1. The third-order valence-electron chi connectivity index (χ3n) is 3.46. The second-order valence-corrected chi connectivity index (χ2v) is 5.62. The van der Waals surface area contributed by atoms with Crippen molar-refractivity contribution in [3.63, 3.8) is 0 Å². The molecule has 1 aromatic carbocycles. The molecule has 0 spiro atoms. The summed E-state index contributed by atoms with van der Waals surface area (Å²) in [4.78, 5) is 43.9. The molecule has 1 amide bonds. The fourth-order valence-electron chi connectivity index (χ4n) is 1.67. The van der Waals surface area contributed by atoms with Gasteiger partial charge in [0, 0.05) is 17.7 Å². The highest BCUT2D eigenvalue weighted by Crippen LogP contribution is 2.37. The lowest BCUT2D eigenvalue weighted by atomic mass is 10.1. The van der Waals surface area contributed by atoms with E-state index >= 15 is 0 Å². The van der Waals surface area contributed by atoms with Gasteiger partial charge in [-0.3, -0.25) is 14.9 Å². The molecule has 0 atom stereocenters. The minimum Gasteiger partial charge on any atom is -0.480 e. The fourth-order valence-corrected chi connectivity index (χ4v) is 1.67. The van der Waals surface area contributed by atoms with Crippen LogP contribution in [0.3, 0.4) is 0 Å². The number of aliphatic carboxylic acids is 2. The third-order valence-corrected chi connectivity index (χ3v) is 3.46. The van der Waals surface area contributed by atoms with Crippen molar-refractivity contribution in [1.82, 2.24) is 5.32 Å². The number of carboxylic acids is 2. The van der Waals surface area contributed by atoms with E-state index in [2.05, 4.69) is 4.74 Å². The largest absolute Gasteiger partial charge is 0.480 e. The second-order valence-electron chi connectivity index (χ2n) is 5.62. The monoisotopic (exact) mass is 431 g/mol. The molecule has 15 heteroatoms. The average Bonchev–Trinajstić information content (AvgIpc) is 2.58. The quantitative estimate of drug-likeness (QED) is 0.185. The molecule has 0 unspecified atom stereocenters. The first kappa shape index (κ1) is 23.5. The lowest BCUT2D eigenvalue weighted by molar-refractivity contribution is -0.386. The van der Waals surface area contributed by atoms with Crippen molar-refractivity contribution in [2.75, 3.05) is 6.61 Å². The van der Waals surface area contributed by atoms with E-state index in [4.69, 9.17) is 10.2 Å². The second kappa shape index (κ2) is 7.84. The number of carbonyl (C=O) groups is 3. The van der Waals surface area contributed by atoms with E-state index < -0.39 is 64.0 Å². The van der Waals surface area contributed by atoms with Crippen LogP contribution in [-0.4, -0.2) is 57.2 Å². The molecule has 10 nitrogen and oxygen atoms in total. The molecular weight excluding hydrogens is 420 g/mol. The maximum absolute atomic E-state index is 13.0.